The second-order valence-corrected chi connectivity index (χ2v) is 5.92. The molecular weight excluding hydrogens is 386 g/mol. The lowest BCUT2D eigenvalue weighted by molar-refractivity contribution is 0.215. The number of hydrogen-bond acceptors (Lipinski definition) is 1. The summed E-state index contributed by atoms with van der Waals surface area (Å²) < 4.78 is 15.1. The van der Waals surface area contributed by atoms with E-state index in [9.17, 15) is 9.50 Å². The number of benzene rings is 2. The Morgan fingerprint density at radius 2 is 1.89 bits per heavy atom. The van der Waals surface area contributed by atoms with Crippen LogP contribution >= 0.6 is 43.5 Å². The number of rotatable bonds is 2. The standard InChI is InChI=1S/C13H8Br2ClFO/c14-8-3-1-2-7(4-8)13(18)9-5-11(16)10(15)6-12(9)17/h1-6,13,18H. The first-order valence-corrected chi connectivity index (χ1v) is 7.03. The van der Waals surface area contributed by atoms with Gasteiger partial charge in [0.1, 0.15) is 11.9 Å². The lowest BCUT2D eigenvalue weighted by Crippen LogP contribution is -2.03. The molecule has 2 rings (SSSR count). The van der Waals surface area contributed by atoms with Gasteiger partial charge in [0.2, 0.25) is 0 Å². The van der Waals surface area contributed by atoms with Gasteiger partial charge in [0.15, 0.2) is 0 Å². The molecule has 94 valence electrons. The van der Waals surface area contributed by atoms with Crippen LogP contribution < -0.4 is 0 Å². The molecule has 0 bridgehead atoms. The molecule has 0 aromatic heterocycles. The zero-order valence-electron chi connectivity index (χ0n) is 9.00. The Morgan fingerprint density at radius 1 is 1.17 bits per heavy atom. The second-order valence-electron chi connectivity index (χ2n) is 3.75. The zero-order chi connectivity index (χ0) is 13.3. The summed E-state index contributed by atoms with van der Waals surface area (Å²) in [5, 5.41) is 10.5. The molecule has 18 heavy (non-hydrogen) atoms. The monoisotopic (exact) mass is 392 g/mol. The van der Waals surface area contributed by atoms with Gasteiger partial charge in [-0.2, -0.15) is 0 Å². The van der Waals surface area contributed by atoms with Crippen molar-refractivity contribution in [1.29, 1.82) is 0 Å². The minimum Gasteiger partial charge on any atom is -0.384 e. The minimum absolute atomic E-state index is 0.154. The molecule has 5 heteroatoms. The fourth-order valence-electron chi connectivity index (χ4n) is 1.60. The topological polar surface area (TPSA) is 20.2 Å². The first-order valence-electron chi connectivity index (χ1n) is 5.07. The first kappa shape index (κ1) is 14.0. The predicted molar refractivity (Wildman–Crippen MR) is 77.3 cm³/mol. The molecule has 0 aliphatic carbocycles. The Kier molecular flexibility index (Phi) is 4.43. The van der Waals surface area contributed by atoms with Gasteiger partial charge < -0.3 is 5.11 Å². The third-order valence-corrected chi connectivity index (χ3v) is 4.19. The van der Waals surface area contributed by atoms with Gasteiger partial charge in [-0.3, -0.25) is 0 Å². The van der Waals surface area contributed by atoms with E-state index in [1.54, 1.807) is 18.2 Å². The van der Waals surface area contributed by atoms with E-state index in [2.05, 4.69) is 31.9 Å². The molecule has 0 saturated heterocycles. The van der Waals surface area contributed by atoms with Crippen molar-refractivity contribution in [2.24, 2.45) is 0 Å². The van der Waals surface area contributed by atoms with Gasteiger partial charge in [-0.25, -0.2) is 4.39 Å². The maximum absolute atomic E-state index is 13.8. The second kappa shape index (κ2) is 5.70. The Bertz CT molecular complexity index is 589. The third kappa shape index (κ3) is 2.94. The van der Waals surface area contributed by atoms with E-state index >= 15 is 0 Å². The van der Waals surface area contributed by atoms with Gasteiger partial charge in [0.25, 0.3) is 0 Å². The van der Waals surface area contributed by atoms with Crippen LogP contribution in [0.5, 0.6) is 0 Å². The quantitative estimate of drug-likeness (QED) is 0.704. The molecule has 0 saturated carbocycles. The Hall–Kier alpha value is -0.420. The van der Waals surface area contributed by atoms with Crippen molar-refractivity contribution in [3.63, 3.8) is 0 Å². The van der Waals surface area contributed by atoms with Crippen molar-refractivity contribution in [1.82, 2.24) is 0 Å². The summed E-state index contributed by atoms with van der Waals surface area (Å²) in [5.74, 6) is -0.501. The fraction of sp³-hybridized carbons (Fsp3) is 0.0769. The van der Waals surface area contributed by atoms with Gasteiger partial charge in [-0.1, -0.05) is 39.7 Å². The van der Waals surface area contributed by atoms with Crippen molar-refractivity contribution in [3.8, 4) is 0 Å². The van der Waals surface area contributed by atoms with E-state index < -0.39 is 11.9 Å². The maximum Gasteiger partial charge on any atom is 0.130 e. The minimum atomic E-state index is -1.05. The lowest BCUT2D eigenvalue weighted by Gasteiger charge is -2.13. The van der Waals surface area contributed by atoms with Crippen LogP contribution in [0, 0.1) is 5.82 Å². The highest BCUT2D eigenvalue weighted by molar-refractivity contribution is 9.10. The molecule has 1 atom stereocenters. The van der Waals surface area contributed by atoms with Gasteiger partial charge >= 0.3 is 0 Å². The van der Waals surface area contributed by atoms with E-state index in [0.29, 0.717) is 15.1 Å². The number of aliphatic hydroxyl groups excluding tert-OH is 1. The van der Waals surface area contributed by atoms with Gasteiger partial charge in [0.05, 0.1) is 5.02 Å². The normalized spacial score (nSPS) is 12.5. The van der Waals surface area contributed by atoms with Crippen LogP contribution in [0.15, 0.2) is 45.3 Å². The van der Waals surface area contributed by atoms with Crippen LogP contribution in [0.4, 0.5) is 4.39 Å². The maximum atomic E-state index is 13.8. The van der Waals surface area contributed by atoms with Crippen molar-refractivity contribution >= 4 is 43.5 Å². The largest absolute Gasteiger partial charge is 0.384 e. The van der Waals surface area contributed by atoms with Crippen molar-refractivity contribution in [3.05, 3.63) is 67.3 Å². The molecule has 2 aromatic rings. The van der Waals surface area contributed by atoms with E-state index in [-0.39, 0.29) is 5.56 Å². The third-order valence-electron chi connectivity index (χ3n) is 2.50. The zero-order valence-corrected chi connectivity index (χ0v) is 12.9. The van der Waals surface area contributed by atoms with E-state index in [1.807, 2.05) is 6.07 Å². The highest BCUT2D eigenvalue weighted by Gasteiger charge is 2.17. The first-order chi connectivity index (χ1) is 8.49. The molecule has 0 heterocycles. The van der Waals surface area contributed by atoms with E-state index in [1.165, 1.54) is 12.1 Å². The van der Waals surface area contributed by atoms with Gasteiger partial charge in [-0.05, 0) is 45.8 Å². The summed E-state index contributed by atoms with van der Waals surface area (Å²) in [4.78, 5) is 0. The van der Waals surface area contributed by atoms with Crippen molar-refractivity contribution in [2.45, 2.75) is 6.10 Å². The highest BCUT2D eigenvalue weighted by Crippen LogP contribution is 2.32. The van der Waals surface area contributed by atoms with E-state index in [4.69, 9.17) is 11.6 Å². The average molecular weight is 394 g/mol. The molecule has 1 nitrogen and oxygen atoms in total. The van der Waals surface area contributed by atoms with Crippen LogP contribution in [-0.4, -0.2) is 5.11 Å². The summed E-state index contributed by atoms with van der Waals surface area (Å²) in [7, 11) is 0. The average Bonchev–Trinajstić information content (AvgIpc) is 2.33. The van der Waals surface area contributed by atoms with Crippen LogP contribution in [0.2, 0.25) is 5.02 Å². The molecule has 0 amide bonds. The number of aliphatic hydroxyl groups is 1. The van der Waals surface area contributed by atoms with Crippen LogP contribution in [0.25, 0.3) is 0 Å². The lowest BCUT2D eigenvalue weighted by atomic mass is 10.0. The molecule has 2 aromatic carbocycles. The van der Waals surface area contributed by atoms with Crippen LogP contribution in [0.3, 0.4) is 0 Å². The molecule has 0 fully saturated rings. The fourth-order valence-corrected chi connectivity index (χ4v) is 2.51. The SMILES string of the molecule is OC(c1cccc(Br)c1)c1cc(Cl)c(Br)cc1F. The molecule has 0 aliphatic heterocycles. The predicted octanol–water partition coefficient (Wildman–Crippen LogP) is 5.09. The Balaban J connectivity index is 2.46. The smallest absolute Gasteiger partial charge is 0.130 e. The van der Waals surface area contributed by atoms with Crippen LogP contribution in [-0.2, 0) is 0 Å². The number of hydrogen-bond donors (Lipinski definition) is 1. The van der Waals surface area contributed by atoms with E-state index in [0.717, 1.165) is 4.47 Å². The summed E-state index contributed by atoms with van der Waals surface area (Å²) in [5.41, 5.74) is 0.753. The highest BCUT2D eigenvalue weighted by atomic mass is 79.9. The molecule has 0 spiro atoms. The Morgan fingerprint density at radius 3 is 2.56 bits per heavy atom. The molecule has 0 radical (unpaired) electrons. The molecule has 0 aliphatic rings. The molecule has 1 unspecified atom stereocenters. The van der Waals surface area contributed by atoms with Crippen molar-refractivity contribution < 1.29 is 9.50 Å². The number of halogens is 4. The summed E-state index contributed by atoms with van der Waals surface area (Å²) in [6, 6.07) is 9.75. The van der Waals surface area contributed by atoms with Gasteiger partial charge in [-0.15, -0.1) is 0 Å². The van der Waals surface area contributed by atoms with Crippen molar-refractivity contribution in [2.75, 3.05) is 0 Å². The van der Waals surface area contributed by atoms with Gasteiger partial charge in [0, 0.05) is 14.5 Å². The summed E-state index contributed by atoms with van der Waals surface area (Å²) in [6.07, 6.45) is -1.05. The molecular formula is C13H8Br2ClFO. The van der Waals surface area contributed by atoms with Crippen LogP contribution in [0.1, 0.15) is 17.2 Å². The summed E-state index contributed by atoms with van der Waals surface area (Å²) in [6.45, 7) is 0. The molecule has 1 N–H and O–H groups in total. The Labute approximate surface area is 126 Å². The summed E-state index contributed by atoms with van der Waals surface area (Å²) >= 11 is 12.4.